The smallest absolute Gasteiger partial charge is 0.325 e. The second-order valence-corrected chi connectivity index (χ2v) is 10.8. The van der Waals surface area contributed by atoms with E-state index in [-0.39, 0.29) is 42.5 Å². The van der Waals surface area contributed by atoms with Crippen LogP contribution in [0.4, 0.5) is 13.6 Å². The molecule has 9 nitrogen and oxygen atoms in total. The SMILES string of the molecule is CC[C@@]1(c2ccc(F)cc2)NC(=O)N(CC(=O)N2CCN(S(=O)(=O)c3ccc(F)c(Cl)c3)CC2)C1=O. The molecule has 0 saturated carbocycles. The third kappa shape index (κ3) is 4.56. The summed E-state index contributed by atoms with van der Waals surface area (Å²) in [5.74, 6) is -2.37. The molecule has 36 heavy (non-hydrogen) atoms. The molecule has 192 valence electrons. The van der Waals surface area contributed by atoms with Crippen LogP contribution in [0.5, 0.6) is 0 Å². The Labute approximate surface area is 211 Å². The summed E-state index contributed by atoms with van der Waals surface area (Å²) in [4.78, 5) is 40.8. The molecule has 0 aliphatic carbocycles. The van der Waals surface area contributed by atoms with Gasteiger partial charge in [-0.15, -0.1) is 0 Å². The van der Waals surface area contributed by atoms with Crippen LogP contribution in [0.3, 0.4) is 0 Å². The fourth-order valence-electron chi connectivity index (χ4n) is 4.34. The zero-order valence-corrected chi connectivity index (χ0v) is 20.8. The van der Waals surface area contributed by atoms with E-state index in [1.807, 2.05) is 0 Å². The highest BCUT2D eigenvalue weighted by molar-refractivity contribution is 7.89. The summed E-state index contributed by atoms with van der Waals surface area (Å²) in [6, 6.07) is 7.58. The molecular weight excluding hydrogens is 518 g/mol. The molecular formula is C23H23ClF2N4O5S. The van der Waals surface area contributed by atoms with Crippen molar-refractivity contribution >= 4 is 39.5 Å². The van der Waals surface area contributed by atoms with E-state index in [2.05, 4.69) is 5.32 Å². The molecule has 2 heterocycles. The molecule has 4 rings (SSSR count). The van der Waals surface area contributed by atoms with Crippen LogP contribution >= 0.6 is 11.6 Å². The van der Waals surface area contributed by atoms with Crippen LogP contribution in [0.2, 0.25) is 5.02 Å². The highest BCUT2D eigenvalue weighted by Gasteiger charge is 2.52. The number of benzene rings is 2. The van der Waals surface area contributed by atoms with Crippen molar-refractivity contribution in [3.05, 3.63) is 64.7 Å². The molecule has 13 heteroatoms. The van der Waals surface area contributed by atoms with E-state index >= 15 is 0 Å². The summed E-state index contributed by atoms with van der Waals surface area (Å²) in [6.07, 6.45) is 0.192. The molecule has 1 N–H and O–H groups in total. The summed E-state index contributed by atoms with van der Waals surface area (Å²) < 4.78 is 53.7. The van der Waals surface area contributed by atoms with Crippen LogP contribution in [-0.2, 0) is 25.2 Å². The number of carbonyl (C=O) groups excluding carboxylic acids is 3. The quantitative estimate of drug-likeness (QED) is 0.566. The Morgan fingerprint density at radius 1 is 1.06 bits per heavy atom. The Morgan fingerprint density at radius 2 is 1.69 bits per heavy atom. The molecule has 0 aromatic heterocycles. The van der Waals surface area contributed by atoms with Crippen molar-refractivity contribution in [2.24, 2.45) is 0 Å². The van der Waals surface area contributed by atoms with E-state index in [0.29, 0.717) is 5.56 Å². The molecule has 0 unspecified atom stereocenters. The monoisotopic (exact) mass is 540 g/mol. The van der Waals surface area contributed by atoms with Crippen molar-refractivity contribution in [2.75, 3.05) is 32.7 Å². The number of hydrogen-bond donors (Lipinski definition) is 1. The Balaban J connectivity index is 1.42. The van der Waals surface area contributed by atoms with Crippen LogP contribution in [0.1, 0.15) is 18.9 Å². The summed E-state index contributed by atoms with van der Waals surface area (Å²) >= 11 is 5.71. The second kappa shape index (κ2) is 9.75. The first-order valence-corrected chi connectivity index (χ1v) is 12.9. The minimum absolute atomic E-state index is 0.0301. The summed E-state index contributed by atoms with van der Waals surface area (Å²) in [5, 5.41) is 2.32. The maximum absolute atomic E-state index is 13.4. The van der Waals surface area contributed by atoms with Crippen LogP contribution in [0.25, 0.3) is 0 Å². The fraction of sp³-hybridized carbons (Fsp3) is 0.348. The van der Waals surface area contributed by atoms with E-state index in [9.17, 15) is 31.6 Å². The van der Waals surface area contributed by atoms with Crippen molar-refractivity contribution in [3.8, 4) is 0 Å². The van der Waals surface area contributed by atoms with E-state index in [1.165, 1.54) is 29.2 Å². The molecule has 2 aliphatic heterocycles. The van der Waals surface area contributed by atoms with Crippen LogP contribution in [-0.4, -0.2) is 73.1 Å². The van der Waals surface area contributed by atoms with Crippen molar-refractivity contribution in [2.45, 2.75) is 23.8 Å². The normalized spacial score (nSPS) is 21.1. The lowest BCUT2D eigenvalue weighted by Crippen LogP contribution is -2.53. The Bertz CT molecular complexity index is 1320. The van der Waals surface area contributed by atoms with Crippen molar-refractivity contribution in [3.63, 3.8) is 0 Å². The zero-order chi connectivity index (χ0) is 26.3. The number of imide groups is 1. The van der Waals surface area contributed by atoms with Gasteiger partial charge in [-0.3, -0.25) is 14.5 Å². The molecule has 2 fully saturated rings. The topological polar surface area (TPSA) is 107 Å². The standard InChI is InChI=1S/C23H23ClF2N4O5S/c1-2-23(15-3-5-16(25)6-4-15)21(32)30(22(33)27-23)14-20(31)28-9-11-29(12-10-28)36(34,35)17-7-8-19(26)18(24)13-17/h3-8,13H,2,9-12,14H2,1H3,(H,27,33)/t23-/m0/s1. The highest BCUT2D eigenvalue weighted by atomic mass is 35.5. The molecule has 2 saturated heterocycles. The molecule has 0 radical (unpaired) electrons. The number of nitrogens with zero attached hydrogens (tertiary/aromatic N) is 3. The zero-order valence-electron chi connectivity index (χ0n) is 19.2. The fourth-order valence-corrected chi connectivity index (χ4v) is 6.04. The predicted octanol–water partition coefficient (Wildman–Crippen LogP) is 2.31. The number of carbonyl (C=O) groups is 3. The first-order valence-electron chi connectivity index (χ1n) is 11.1. The summed E-state index contributed by atoms with van der Waals surface area (Å²) in [7, 11) is -3.95. The van der Waals surface area contributed by atoms with Gasteiger partial charge in [0.2, 0.25) is 15.9 Å². The average molecular weight is 541 g/mol. The lowest BCUT2D eigenvalue weighted by atomic mass is 9.87. The molecule has 4 amide bonds. The Hall–Kier alpha value is -3.09. The molecule has 0 bridgehead atoms. The molecule has 0 spiro atoms. The summed E-state index contributed by atoms with van der Waals surface area (Å²) in [6.45, 7) is 1.19. The second-order valence-electron chi connectivity index (χ2n) is 8.45. The number of piperazine rings is 1. The number of halogens is 3. The first kappa shape index (κ1) is 26.0. The van der Waals surface area contributed by atoms with Gasteiger partial charge in [-0.1, -0.05) is 30.7 Å². The van der Waals surface area contributed by atoms with Crippen LogP contribution < -0.4 is 5.32 Å². The van der Waals surface area contributed by atoms with Gasteiger partial charge in [-0.05, 0) is 42.3 Å². The Kier molecular flexibility index (Phi) is 7.04. The lowest BCUT2D eigenvalue weighted by Gasteiger charge is -2.34. The number of hydrogen-bond acceptors (Lipinski definition) is 5. The molecule has 2 aliphatic rings. The minimum Gasteiger partial charge on any atom is -0.338 e. The highest BCUT2D eigenvalue weighted by Crippen LogP contribution is 2.32. The van der Waals surface area contributed by atoms with Crippen LogP contribution in [0, 0.1) is 11.6 Å². The lowest BCUT2D eigenvalue weighted by molar-refractivity contribution is -0.139. The minimum atomic E-state index is -3.95. The van der Waals surface area contributed by atoms with E-state index < -0.39 is 51.6 Å². The summed E-state index contributed by atoms with van der Waals surface area (Å²) in [5.41, 5.74) is -1.01. The van der Waals surface area contributed by atoms with E-state index in [1.54, 1.807) is 6.92 Å². The van der Waals surface area contributed by atoms with Gasteiger partial charge in [0.15, 0.2) is 0 Å². The van der Waals surface area contributed by atoms with E-state index in [0.717, 1.165) is 27.4 Å². The van der Waals surface area contributed by atoms with Crippen molar-refractivity contribution in [1.82, 2.24) is 19.4 Å². The third-order valence-electron chi connectivity index (χ3n) is 6.46. The maximum Gasteiger partial charge on any atom is 0.325 e. The van der Waals surface area contributed by atoms with Gasteiger partial charge in [0.1, 0.15) is 23.7 Å². The Morgan fingerprint density at radius 3 is 2.28 bits per heavy atom. The third-order valence-corrected chi connectivity index (χ3v) is 8.64. The number of urea groups is 1. The van der Waals surface area contributed by atoms with Gasteiger partial charge in [-0.25, -0.2) is 22.0 Å². The largest absolute Gasteiger partial charge is 0.338 e. The van der Waals surface area contributed by atoms with Gasteiger partial charge in [0.25, 0.3) is 5.91 Å². The number of rotatable bonds is 6. The maximum atomic E-state index is 13.4. The molecule has 1 atom stereocenters. The van der Waals surface area contributed by atoms with Gasteiger partial charge in [0, 0.05) is 26.2 Å². The van der Waals surface area contributed by atoms with E-state index in [4.69, 9.17) is 11.6 Å². The van der Waals surface area contributed by atoms with Gasteiger partial charge >= 0.3 is 6.03 Å². The van der Waals surface area contributed by atoms with Crippen molar-refractivity contribution in [1.29, 1.82) is 0 Å². The average Bonchev–Trinajstić information content (AvgIpc) is 3.11. The number of nitrogens with one attached hydrogen (secondary N) is 1. The predicted molar refractivity (Wildman–Crippen MR) is 125 cm³/mol. The van der Waals surface area contributed by atoms with Gasteiger partial charge in [-0.2, -0.15) is 4.31 Å². The van der Waals surface area contributed by atoms with Gasteiger partial charge < -0.3 is 10.2 Å². The number of sulfonamides is 1. The molecule has 2 aromatic rings. The number of amides is 4. The van der Waals surface area contributed by atoms with Crippen molar-refractivity contribution < 1.29 is 31.6 Å². The first-order chi connectivity index (χ1) is 17.0. The van der Waals surface area contributed by atoms with Gasteiger partial charge in [0.05, 0.1) is 9.92 Å². The molecule has 2 aromatic carbocycles. The van der Waals surface area contributed by atoms with Crippen LogP contribution in [0.15, 0.2) is 47.4 Å².